The van der Waals surface area contributed by atoms with Gasteiger partial charge in [-0.3, -0.25) is 4.79 Å². The zero-order valence-electron chi connectivity index (χ0n) is 10.3. The molecule has 0 atom stereocenters. The first-order valence-corrected chi connectivity index (χ1v) is 6.70. The van der Waals surface area contributed by atoms with Crippen molar-refractivity contribution in [1.29, 1.82) is 0 Å². The van der Waals surface area contributed by atoms with E-state index in [0.29, 0.717) is 0 Å². The molecule has 2 N–H and O–H groups in total. The SMILES string of the molecule is CNCC1(C(=O)NCC2CCCCC2)CC1. The molecule has 0 bridgehead atoms. The summed E-state index contributed by atoms with van der Waals surface area (Å²) in [6, 6.07) is 0. The largest absolute Gasteiger partial charge is 0.355 e. The second-order valence-electron chi connectivity index (χ2n) is 5.52. The lowest BCUT2D eigenvalue weighted by molar-refractivity contribution is -0.126. The van der Waals surface area contributed by atoms with Gasteiger partial charge in [-0.1, -0.05) is 19.3 Å². The Hall–Kier alpha value is -0.570. The van der Waals surface area contributed by atoms with E-state index in [1.165, 1.54) is 32.1 Å². The van der Waals surface area contributed by atoms with E-state index < -0.39 is 0 Å². The van der Waals surface area contributed by atoms with Gasteiger partial charge < -0.3 is 10.6 Å². The summed E-state index contributed by atoms with van der Waals surface area (Å²) in [4.78, 5) is 12.0. The summed E-state index contributed by atoms with van der Waals surface area (Å²) in [7, 11) is 1.93. The Morgan fingerprint density at radius 2 is 1.94 bits per heavy atom. The maximum Gasteiger partial charge on any atom is 0.227 e. The molecule has 2 aliphatic carbocycles. The minimum atomic E-state index is -0.0522. The molecule has 1 amide bonds. The first kappa shape index (κ1) is 11.9. The lowest BCUT2D eigenvalue weighted by atomic mass is 9.89. The maximum absolute atomic E-state index is 12.0. The van der Waals surface area contributed by atoms with Crippen molar-refractivity contribution in [2.24, 2.45) is 11.3 Å². The Balaban J connectivity index is 1.71. The van der Waals surface area contributed by atoms with Crippen molar-refractivity contribution in [2.75, 3.05) is 20.1 Å². The Kier molecular flexibility index (Phi) is 3.85. The second-order valence-corrected chi connectivity index (χ2v) is 5.52. The van der Waals surface area contributed by atoms with E-state index in [1.807, 2.05) is 7.05 Å². The summed E-state index contributed by atoms with van der Waals surface area (Å²) in [6.07, 6.45) is 8.81. The fraction of sp³-hybridized carbons (Fsp3) is 0.923. The molecule has 2 saturated carbocycles. The van der Waals surface area contributed by atoms with Crippen molar-refractivity contribution in [3.05, 3.63) is 0 Å². The van der Waals surface area contributed by atoms with Gasteiger partial charge >= 0.3 is 0 Å². The van der Waals surface area contributed by atoms with Gasteiger partial charge in [0.05, 0.1) is 5.41 Å². The summed E-state index contributed by atoms with van der Waals surface area (Å²) in [5, 5.41) is 6.29. The number of amides is 1. The number of hydrogen-bond donors (Lipinski definition) is 2. The van der Waals surface area contributed by atoms with Crippen LogP contribution in [-0.2, 0) is 4.79 Å². The molecule has 2 fully saturated rings. The van der Waals surface area contributed by atoms with Gasteiger partial charge in [0, 0.05) is 13.1 Å². The number of rotatable bonds is 5. The monoisotopic (exact) mass is 224 g/mol. The van der Waals surface area contributed by atoms with Crippen LogP contribution < -0.4 is 10.6 Å². The maximum atomic E-state index is 12.0. The number of carbonyl (C=O) groups is 1. The fourth-order valence-electron chi connectivity index (χ4n) is 2.79. The third kappa shape index (κ3) is 2.76. The molecule has 0 aromatic carbocycles. The van der Waals surface area contributed by atoms with Gasteiger partial charge in [0.1, 0.15) is 0 Å². The van der Waals surface area contributed by atoms with Crippen molar-refractivity contribution >= 4 is 5.91 Å². The highest BCUT2D eigenvalue weighted by Gasteiger charge is 2.48. The first-order chi connectivity index (χ1) is 7.77. The van der Waals surface area contributed by atoms with Crippen LogP contribution in [-0.4, -0.2) is 26.0 Å². The Morgan fingerprint density at radius 3 is 2.50 bits per heavy atom. The van der Waals surface area contributed by atoms with Gasteiger partial charge in [-0.25, -0.2) is 0 Å². The van der Waals surface area contributed by atoms with E-state index in [2.05, 4.69) is 10.6 Å². The standard InChI is InChI=1S/C13H24N2O/c1-14-10-13(7-8-13)12(16)15-9-11-5-3-2-4-6-11/h11,14H,2-10H2,1H3,(H,15,16). The predicted molar refractivity (Wildman–Crippen MR) is 65.2 cm³/mol. The molecule has 0 aromatic rings. The predicted octanol–water partition coefficient (Wildman–Crippen LogP) is 1.68. The zero-order chi connectivity index (χ0) is 11.4. The van der Waals surface area contributed by atoms with E-state index in [-0.39, 0.29) is 11.3 Å². The lowest BCUT2D eigenvalue weighted by Gasteiger charge is -2.23. The van der Waals surface area contributed by atoms with E-state index in [4.69, 9.17) is 0 Å². The number of hydrogen-bond acceptors (Lipinski definition) is 2. The molecule has 92 valence electrons. The molecule has 0 aromatic heterocycles. The van der Waals surface area contributed by atoms with Gasteiger partial charge in [0.15, 0.2) is 0 Å². The fourth-order valence-corrected chi connectivity index (χ4v) is 2.79. The summed E-state index contributed by atoms with van der Waals surface area (Å²) in [6.45, 7) is 1.74. The molecule has 0 spiro atoms. The molecule has 0 heterocycles. The molecular weight excluding hydrogens is 200 g/mol. The van der Waals surface area contributed by atoms with Crippen LogP contribution in [0.4, 0.5) is 0 Å². The first-order valence-electron chi connectivity index (χ1n) is 6.70. The van der Waals surface area contributed by atoms with Crippen LogP contribution in [0.5, 0.6) is 0 Å². The van der Waals surface area contributed by atoms with Crippen molar-refractivity contribution in [1.82, 2.24) is 10.6 Å². The third-order valence-corrected chi connectivity index (χ3v) is 4.13. The summed E-state index contributed by atoms with van der Waals surface area (Å²) in [5.41, 5.74) is -0.0522. The van der Waals surface area contributed by atoms with Crippen molar-refractivity contribution in [2.45, 2.75) is 44.9 Å². The van der Waals surface area contributed by atoms with Crippen LogP contribution in [0.1, 0.15) is 44.9 Å². The Labute approximate surface area is 98.4 Å². The van der Waals surface area contributed by atoms with E-state index in [9.17, 15) is 4.79 Å². The molecule has 0 radical (unpaired) electrons. The smallest absolute Gasteiger partial charge is 0.227 e. The van der Waals surface area contributed by atoms with Gasteiger partial charge in [-0.15, -0.1) is 0 Å². The number of nitrogens with one attached hydrogen (secondary N) is 2. The normalized spacial score (nSPS) is 24.1. The molecule has 16 heavy (non-hydrogen) atoms. The summed E-state index contributed by atoms with van der Waals surface area (Å²) < 4.78 is 0. The quantitative estimate of drug-likeness (QED) is 0.746. The van der Waals surface area contributed by atoms with Gasteiger partial charge in [-0.05, 0) is 38.6 Å². The molecule has 2 rings (SSSR count). The van der Waals surface area contributed by atoms with Crippen molar-refractivity contribution < 1.29 is 4.79 Å². The van der Waals surface area contributed by atoms with Crippen LogP contribution in [0.25, 0.3) is 0 Å². The Bertz CT molecular complexity index is 242. The van der Waals surface area contributed by atoms with Gasteiger partial charge in [0.25, 0.3) is 0 Å². The molecule has 0 saturated heterocycles. The molecule has 3 heteroatoms. The highest BCUT2D eigenvalue weighted by Crippen LogP contribution is 2.45. The average Bonchev–Trinajstić information content (AvgIpc) is 3.09. The van der Waals surface area contributed by atoms with Crippen LogP contribution >= 0.6 is 0 Å². The third-order valence-electron chi connectivity index (χ3n) is 4.13. The summed E-state index contributed by atoms with van der Waals surface area (Å²) >= 11 is 0. The minimum Gasteiger partial charge on any atom is -0.355 e. The second kappa shape index (κ2) is 5.17. The topological polar surface area (TPSA) is 41.1 Å². The molecular formula is C13H24N2O. The van der Waals surface area contributed by atoms with Crippen LogP contribution in [0.15, 0.2) is 0 Å². The minimum absolute atomic E-state index is 0.0522. The van der Waals surface area contributed by atoms with Crippen molar-refractivity contribution in [3.63, 3.8) is 0 Å². The molecule has 0 unspecified atom stereocenters. The molecule has 0 aliphatic heterocycles. The highest BCUT2D eigenvalue weighted by molar-refractivity contribution is 5.85. The molecule has 3 nitrogen and oxygen atoms in total. The van der Waals surface area contributed by atoms with Crippen LogP contribution in [0, 0.1) is 11.3 Å². The van der Waals surface area contributed by atoms with E-state index >= 15 is 0 Å². The van der Waals surface area contributed by atoms with E-state index in [1.54, 1.807) is 0 Å². The van der Waals surface area contributed by atoms with Crippen molar-refractivity contribution in [3.8, 4) is 0 Å². The van der Waals surface area contributed by atoms with E-state index in [0.717, 1.165) is 31.8 Å². The average molecular weight is 224 g/mol. The zero-order valence-corrected chi connectivity index (χ0v) is 10.3. The summed E-state index contributed by atoms with van der Waals surface area (Å²) in [5.74, 6) is 1.02. The van der Waals surface area contributed by atoms with Crippen LogP contribution in [0.2, 0.25) is 0 Å². The van der Waals surface area contributed by atoms with Crippen LogP contribution in [0.3, 0.4) is 0 Å². The number of carbonyl (C=O) groups excluding carboxylic acids is 1. The highest BCUT2D eigenvalue weighted by atomic mass is 16.2. The van der Waals surface area contributed by atoms with Gasteiger partial charge in [-0.2, -0.15) is 0 Å². The Morgan fingerprint density at radius 1 is 1.25 bits per heavy atom. The lowest BCUT2D eigenvalue weighted by Crippen LogP contribution is -2.40. The van der Waals surface area contributed by atoms with Gasteiger partial charge in [0.2, 0.25) is 5.91 Å². The molecule has 2 aliphatic rings.